The van der Waals surface area contributed by atoms with E-state index in [1.165, 1.54) is 18.3 Å². The first-order valence-corrected chi connectivity index (χ1v) is 14.2. The fourth-order valence-corrected chi connectivity index (χ4v) is 7.41. The summed E-state index contributed by atoms with van der Waals surface area (Å²) in [6.07, 6.45) is 1.44. The van der Waals surface area contributed by atoms with Gasteiger partial charge in [0.05, 0.1) is 17.7 Å². The number of carbonyl (C=O) groups excluding carboxylic acids is 6. The van der Waals surface area contributed by atoms with Crippen molar-refractivity contribution in [2.24, 2.45) is 41.2 Å². The number of nitrogens with zero attached hydrogens (tertiary/aromatic N) is 1. The molecule has 1 heterocycles. The number of hydrogen-bond acceptors (Lipinski definition) is 10. The Morgan fingerprint density at radius 1 is 1.09 bits per heavy atom. The largest absolute Gasteiger partial charge is 0.507 e. The van der Waals surface area contributed by atoms with E-state index in [0.29, 0.717) is 22.4 Å². The van der Waals surface area contributed by atoms with E-state index in [2.05, 4.69) is 10.5 Å². The lowest BCUT2D eigenvalue weighted by atomic mass is 9.49. The van der Waals surface area contributed by atoms with E-state index in [9.17, 15) is 39.0 Å². The molecule has 0 aliphatic heterocycles. The summed E-state index contributed by atoms with van der Waals surface area (Å²) >= 11 is 0. The molecule has 2 aromatic carbocycles. The first kappa shape index (κ1) is 29.1. The van der Waals surface area contributed by atoms with Gasteiger partial charge in [-0.1, -0.05) is 37.2 Å². The van der Waals surface area contributed by atoms with Crippen LogP contribution in [-0.2, 0) is 25.6 Å². The molecular weight excluding hydrogens is 570 g/mol. The van der Waals surface area contributed by atoms with Crippen LogP contribution in [0.5, 0.6) is 5.75 Å². The smallest absolute Gasteiger partial charge is 0.294 e. The second kappa shape index (κ2) is 10.3. The molecule has 3 aromatic rings. The fraction of sp³-hybridized carbons (Fsp3) is 0.344. The van der Waals surface area contributed by atoms with E-state index in [0.717, 1.165) is 0 Å². The van der Waals surface area contributed by atoms with Gasteiger partial charge < -0.3 is 25.8 Å². The molecule has 3 aliphatic carbocycles. The number of benzene rings is 2. The maximum absolute atomic E-state index is 14.0. The number of ketones is 4. The van der Waals surface area contributed by atoms with Crippen molar-refractivity contribution in [2.75, 3.05) is 5.32 Å². The zero-order valence-electron chi connectivity index (χ0n) is 23.8. The molecule has 0 radical (unpaired) electrons. The third kappa shape index (κ3) is 4.20. The van der Waals surface area contributed by atoms with Crippen LogP contribution in [0.1, 0.15) is 46.7 Å². The van der Waals surface area contributed by atoms with Crippen LogP contribution in [0, 0.1) is 35.5 Å². The predicted octanol–water partition coefficient (Wildman–Crippen LogP) is 2.12. The molecule has 2 saturated carbocycles. The Hall–Kier alpha value is -4.97. The summed E-state index contributed by atoms with van der Waals surface area (Å²) in [5.74, 6) is -12.8. The van der Waals surface area contributed by atoms with Gasteiger partial charge in [0, 0.05) is 23.6 Å². The highest BCUT2D eigenvalue weighted by atomic mass is 16.5. The first-order valence-electron chi connectivity index (χ1n) is 14.2. The van der Waals surface area contributed by atoms with Gasteiger partial charge in [-0.15, -0.1) is 0 Å². The Morgan fingerprint density at radius 2 is 1.84 bits per heavy atom. The number of Topliss-reactive ketones (excluding diaryl/α,β-unsaturated/α-hetero) is 4. The maximum Gasteiger partial charge on any atom is 0.294 e. The van der Waals surface area contributed by atoms with Crippen molar-refractivity contribution in [3.05, 3.63) is 65.5 Å². The number of phenolic OH excluding ortho intramolecular Hbond substituents is 1. The van der Waals surface area contributed by atoms with Crippen molar-refractivity contribution < 1.29 is 43.5 Å². The summed E-state index contributed by atoms with van der Waals surface area (Å²) in [6.45, 7) is 3.39. The van der Waals surface area contributed by atoms with E-state index < -0.39 is 76.1 Å². The lowest BCUT2D eigenvalue weighted by Gasteiger charge is -2.52. The molecule has 3 aliphatic rings. The van der Waals surface area contributed by atoms with Gasteiger partial charge in [0.25, 0.3) is 5.91 Å². The summed E-state index contributed by atoms with van der Waals surface area (Å²) < 4.78 is 4.90. The minimum atomic E-state index is -2.75. The Labute approximate surface area is 250 Å². The van der Waals surface area contributed by atoms with Gasteiger partial charge >= 0.3 is 0 Å². The SMILES string of the molecule is CC(C)[C@@H]1C(=O)C(C(N)=O)C(=O)[C@@]2(O)C(=O)C3C(=O)c4c(O)ccc(-c5cccc(NC(=O)c6ccno6)c5)c4C[C@H]3C[C@@H]12. The van der Waals surface area contributed by atoms with Crippen LogP contribution in [0.25, 0.3) is 11.1 Å². The van der Waals surface area contributed by atoms with E-state index in [4.69, 9.17) is 10.3 Å². The molecule has 6 rings (SSSR count). The third-order valence-corrected chi connectivity index (χ3v) is 9.29. The number of fused-ring (bicyclic) bond motifs is 3. The van der Waals surface area contributed by atoms with Crippen molar-refractivity contribution >= 4 is 40.6 Å². The van der Waals surface area contributed by atoms with Gasteiger partial charge in [-0.2, -0.15) is 0 Å². The van der Waals surface area contributed by atoms with Crippen molar-refractivity contribution in [3.63, 3.8) is 0 Å². The Kier molecular flexibility index (Phi) is 6.84. The minimum Gasteiger partial charge on any atom is -0.507 e. The highest BCUT2D eigenvalue weighted by Crippen LogP contribution is 2.53. The molecule has 12 heteroatoms. The summed E-state index contributed by atoms with van der Waals surface area (Å²) in [4.78, 5) is 79.4. The number of nitrogens with two attached hydrogens (primary N) is 1. The van der Waals surface area contributed by atoms with E-state index in [1.807, 2.05) is 0 Å². The normalized spacial score (nSPS) is 27.9. The number of nitrogens with one attached hydrogen (secondary N) is 1. The lowest BCUT2D eigenvalue weighted by molar-refractivity contribution is -0.182. The van der Waals surface area contributed by atoms with Crippen LogP contribution in [0.2, 0.25) is 0 Å². The van der Waals surface area contributed by atoms with E-state index >= 15 is 0 Å². The Morgan fingerprint density at radius 3 is 2.50 bits per heavy atom. The Bertz CT molecular complexity index is 1760. The van der Waals surface area contributed by atoms with Gasteiger partial charge in [0.1, 0.15) is 5.75 Å². The summed E-state index contributed by atoms with van der Waals surface area (Å²) in [5, 5.41) is 28.8. The van der Waals surface area contributed by atoms with E-state index in [1.54, 1.807) is 44.2 Å². The number of rotatable bonds is 5. The summed E-state index contributed by atoms with van der Waals surface area (Å²) in [7, 11) is 0. The van der Waals surface area contributed by atoms with Crippen LogP contribution in [0.4, 0.5) is 5.69 Å². The lowest BCUT2D eigenvalue weighted by Crippen LogP contribution is -2.71. The topological polar surface area (TPSA) is 207 Å². The van der Waals surface area contributed by atoms with Gasteiger partial charge in [0.15, 0.2) is 34.7 Å². The summed E-state index contributed by atoms with van der Waals surface area (Å²) in [5.41, 5.74) is 4.57. The zero-order chi connectivity index (χ0) is 31.7. The van der Waals surface area contributed by atoms with Crippen molar-refractivity contribution in [2.45, 2.75) is 32.3 Å². The average molecular weight is 600 g/mol. The molecule has 2 fully saturated rings. The Balaban J connectivity index is 1.41. The van der Waals surface area contributed by atoms with Crippen LogP contribution in [0.15, 0.2) is 53.2 Å². The number of amides is 2. The van der Waals surface area contributed by atoms with Crippen LogP contribution in [0.3, 0.4) is 0 Å². The van der Waals surface area contributed by atoms with Gasteiger partial charge in [-0.25, -0.2) is 0 Å². The molecule has 5 N–H and O–H groups in total. The van der Waals surface area contributed by atoms with Gasteiger partial charge in [0.2, 0.25) is 11.7 Å². The number of aromatic nitrogens is 1. The molecule has 6 atom stereocenters. The molecule has 44 heavy (non-hydrogen) atoms. The average Bonchev–Trinajstić information content (AvgIpc) is 3.50. The molecule has 0 spiro atoms. The van der Waals surface area contributed by atoms with Crippen LogP contribution in [-0.4, -0.2) is 55.9 Å². The third-order valence-electron chi connectivity index (χ3n) is 9.29. The van der Waals surface area contributed by atoms with Gasteiger partial charge in [-0.05, 0) is 59.6 Å². The molecule has 0 saturated heterocycles. The minimum absolute atomic E-state index is 0.0116. The van der Waals surface area contributed by atoms with Crippen molar-refractivity contribution in [3.8, 4) is 16.9 Å². The number of aliphatic hydroxyl groups is 1. The maximum atomic E-state index is 14.0. The van der Waals surface area contributed by atoms with Crippen molar-refractivity contribution in [1.29, 1.82) is 0 Å². The molecular formula is C32H29N3O9. The standard InChI is InChI=1S/C32H29N3O9/c1-13(2)22-19-12-15-11-18-17(14-4-3-5-16(10-14)35-31(42)21-8-9-34-44-21)6-7-20(36)24(18)27(38)23(15)28(39)32(19,43)29(40)25(26(22)37)30(33)41/h3-10,13,15,19,22-23,25,36,43H,11-12H2,1-2H3,(H2,33,41)(H,35,42)/t15-,19-,22-,23?,25?,32-/m0/s1. The second-order valence-electron chi connectivity index (χ2n) is 12.0. The highest BCUT2D eigenvalue weighted by Gasteiger charge is 2.69. The number of anilines is 1. The number of phenols is 1. The highest BCUT2D eigenvalue weighted by molar-refractivity contribution is 6.32. The molecule has 226 valence electrons. The monoisotopic (exact) mass is 599 g/mol. The van der Waals surface area contributed by atoms with Crippen LogP contribution < -0.4 is 11.1 Å². The van der Waals surface area contributed by atoms with Crippen LogP contribution >= 0.6 is 0 Å². The number of carbonyl (C=O) groups is 6. The molecule has 0 bridgehead atoms. The second-order valence-corrected chi connectivity index (χ2v) is 12.0. The molecule has 2 unspecified atom stereocenters. The van der Waals surface area contributed by atoms with Crippen molar-refractivity contribution in [1.82, 2.24) is 5.16 Å². The first-order chi connectivity index (χ1) is 20.9. The molecule has 2 amide bonds. The quantitative estimate of drug-likeness (QED) is 0.314. The zero-order valence-corrected chi connectivity index (χ0v) is 23.8. The number of hydrogen-bond donors (Lipinski definition) is 4. The van der Waals surface area contributed by atoms with Gasteiger partial charge in [-0.3, -0.25) is 28.8 Å². The molecule has 1 aromatic heterocycles. The predicted molar refractivity (Wildman–Crippen MR) is 152 cm³/mol. The van der Waals surface area contributed by atoms with E-state index in [-0.39, 0.29) is 29.9 Å². The summed E-state index contributed by atoms with van der Waals surface area (Å²) in [6, 6.07) is 11.2. The molecule has 12 nitrogen and oxygen atoms in total. The fourth-order valence-electron chi connectivity index (χ4n) is 7.41. The number of aromatic hydroxyl groups is 1. The number of primary amides is 1.